The first-order valence-corrected chi connectivity index (χ1v) is 9.78. The van der Waals surface area contributed by atoms with Crippen molar-refractivity contribution in [1.82, 2.24) is 0 Å². The molecule has 1 saturated heterocycles. The van der Waals surface area contributed by atoms with Crippen LogP contribution in [0.1, 0.15) is 33.6 Å². The number of esters is 1. The Morgan fingerprint density at radius 3 is 2.36 bits per heavy atom. The zero-order chi connectivity index (χ0) is 18.7. The summed E-state index contributed by atoms with van der Waals surface area (Å²) in [6.45, 7) is 5.23. The van der Waals surface area contributed by atoms with Crippen LogP contribution in [-0.4, -0.2) is 39.2 Å². The highest BCUT2D eigenvalue weighted by Crippen LogP contribution is 2.25. The summed E-state index contributed by atoms with van der Waals surface area (Å²) in [5.41, 5.74) is 0.425. The van der Waals surface area contributed by atoms with Gasteiger partial charge in [0.1, 0.15) is 0 Å². The molecule has 0 unspecified atom stereocenters. The van der Waals surface area contributed by atoms with Crippen molar-refractivity contribution < 1.29 is 22.7 Å². The van der Waals surface area contributed by atoms with E-state index in [2.05, 4.69) is 5.32 Å². The van der Waals surface area contributed by atoms with Crippen LogP contribution in [-0.2, 0) is 24.3 Å². The maximum atomic E-state index is 12.1. The van der Waals surface area contributed by atoms with Gasteiger partial charge in [0.25, 0.3) is 5.91 Å². The molecule has 1 aromatic rings. The van der Waals surface area contributed by atoms with Crippen molar-refractivity contribution in [1.29, 1.82) is 0 Å². The molecule has 0 aliphatic carbocycles. The van der Waals surface area contributed by atoms with Crippen molar-refractivity contribution in [3.8, 4) is 0 Å². The lowest BCUT2D eigenvalue weighted by Crippen LogP contribution is -2.37. The number of amides is 1. The molecule has 0 saturated carbocycles. The molecule has 0 aromatic heterocycles. The Labute approximate surface area is 148 Å². The molecule has 1 N–H and O–H groups in total. The molecule has 0 bridgehead atoms. The predicted molar refractivity (Wildman–Crippen MR) is 95.9 cm³/mol. The number of nitrogens with zero attached hydrogens (tertiary/aromatic N) is 1. The van der Waals surface area contributed by atoms with Crippen molar-refractivity contribution in [2.24, 2.45) is 5.41 Å². The highest BCUT2D eigenvalue weighted by Gasteiger charge is 2.26. The molecule has 25 heavy (non-hydrogen) atoms. The quantitative estimate of drug-likeness (QED) is 0.822. The van der Waals surface area contributed by atoms with Gasteiger partial charge in [-0.3, -0.25) is 13.9 Å². The van der Waals surface area contributed by atoms with Crippen LogP contribution in [0, 0.1) is 5.41 Å². The SMILES string of the molecule is CC(C)(C)C(=O)OCC(=O)Nc1ccc(N2CCCCS2(=O)=O)cc1. The largest absolute Gasteiger partial charge is 0.455 e. The number of nitrogens with one attached hydrogen (secondary N) is 1. The number of ether oxygens (including phenoxy) is 1. The van der Waals surface area contributed by atoms with Gasteiger partial charge >= 0.3 is 5.97 Å². The maximum Gasteiger partial charge on any atom is 0.311 e. The van der Waals surface area contributed by atoms with Gasteiger partial charge < -0.3 is 10.1 Å². The normalized spacial score (nSPS) is 17.0. The summed E-state index contributed by atoms with van der Waals surface area (Å²) in [4.78, 5) is 23.5. The van der Waals surface area contributed by atoms with E-state index in [-0.39, 0.29) is 12.4 Å². The summed E-state index contributed by atoms with van der Waals surface area (Å²) in [6, 6.07) is 6.56. The van der Waals surface area contributed by atoms with Crippen LogP contribution in [0.4, 0.5) is 11.4 Å². The Morgan fingerprint density at radius 2 is 1.80 bits per heavy atom. The minimum atomic E-state index is -3.26. The first-order chi connectivity index (χ1) is 11.6. The predicted octanol–water partition coefficient (Wildman–Crippen LogP) is 2.14. The lowest BCUT2D eigenvalue weighted by molar-refractivity contribution is -0.155. The molecule has 0 atom stereocenters. The molecule has 0 radical (unpaired) electrons. The van der Waals surface area contributed by atoms with Crippen LogP contribution in [0.3, 0.4) is 0 Å². The fourth-order valence-electron chi connectivity index (χ4n) is 2.33. The summed E-state index contributed by atoms with van der Waals surface area (Å²) in [6.07, 6.45) is 1.51. The lowest BCUT2D eigenvalue weighted by Gasteiger charge is -2.28. The fourth-order valence-corrected chi connectivity index (χ4v) is 3.97. The van der Waals surface area contributed by atoms with E-state index >= 15 is 0 Å². The number of rotatable bonds is 4. The van der Waals surface area contributed by atoms with E-state index in [0.29, 0.717) is 24.3 Å². The molecule has 7 nitrogen and oxygen atoms in total. The van der Waals surface area contributed by atoms with Gasteiger partial charge in [-0.1, -0.05) is 0 Å². The second kappa shape index (κ2) is 7.43. The zero-order valence-electron chi connectivity index (χ0n) is 14.7. The summed E-state index contributed by atoms with van der Waals surface area (Å²) < 4.78 is 30.5. The monoisotopic (exact) mass is 368 g/mol. The van der Waals surface area contributed by atoms with Gasteiger partial charge in [-0.25, -0.2) is 8.42 Å². The van der Waals surface area contributed by atoms with Gasteiger partial charge in [0.05, 0.1) is 16.9 Å². The molecule has 1 heterocycles. The Hall–Kier alpha value is -2.09. The third-order valence-electron chi connectivity index (χ3n) is 3.74. The summed E-state index contributed by atoms with van der Waals surface area (Å²) in [5, 5.41) is 2.62. The molecule has 0 spiro atoms. The standard InChI is InChI=1S/C17H24N2O5S/c1-17(2,3)16(21)24-12-15(20)18-13-6-8-14(9-7-13)19-10-4-5-11-25(19,22)23/h6-9H,4-5,10-12H2,1-3H3,(H,18,20). The molecule has 1 aromatic carbocycles. The highest BCUT2D eigenvalue weighted by atomic mass is 32.2. The summed E-state index contributed by atoms with van der Waals surface area (Å²) in [7, 11) is -3.26. The zero-order valence-corrected chi connectivity index (χ0v) is 15.6. The Bertz CT molecular complexity index is 735. The smallest absolute Gasteiger partial charge is 0.311 e. The van der Waals surface area contributed by atoms with Crippen LogP contribution in [0.2, 0.25) is 0 Å². The van der Waals surface area contributed by atoms with Gasteiger partial charge in [-0.05, 0) is 57.9 Å². The van der Waals surface area contributed by atoms with Crippen molar-refractivity contribution in [2.75, 3.05) is 28.5 Å². The van der Waals surface area contributed by atoms with E-state index in [4.69, 9.17) is 4.74 Å². The van der Waals surface area contributed by atoms with E-state index < -0.39 is 27.3 Å². The Kier molecular flexibility index (Phi) is 5.72. The minimum Gasteiger partial charge on any atom is -0.455 e. The van der Waals surface area contributed by atoms with Crippen LogP contribution >= 0.6 is 0 Å². The molecule has 8 heteroatoms. The average Bonchev–Trinajstić information content (AvgIpc) is 2.52. The third kappa shape index (κ3) is 5.19. The summed E-state index contributed by atoms with van der Waals surface area (Å²) in [5.74, 6) is -0.741. The van der Waals surface area contributed by atoms with Gasteiger partial charge in [-0.2, -0.15) is 0 Å². The minimum absolute atomic E-state index is 0.157. The van der Waals surface area contributed by atoms with Gasteiger partial charge in [0, 0.05) is 12.2 Å². The van der Waals surface area contributed by atoms with Crippen LogP contribution in [0.25, 0.3) is 0 Å². The molecule has 1 fully saturated rings. The highest BCUT2D eigenvalue weighted by molar-refractivity contribution is 7.92. The molecule has 1 amide bonds. The number of anilines is 2. The van der Waals surface area contributed by atoms with Crippen LogP contribution < -0.4 is 9.62 Å². The van der Waals surface area contributed by atoms with E-state index in [1.54, 1.807) is 45.0 Å². The van der Waals surface area contributed by atoms with Crippen molar-refractivity contribution >= 4 is 33.3 Å². The first-order valence-electron chi connectivity index (χ1n) is 8.17. The maximum absolute atomic E-state index is 12.1. The Morgan fingerprint density at radius 1 is 1.16 bits per heavy atom. The molecule has 1 aliphatic heterocycles. The van der Waals surface area contributed by atoms with E-state index in [1.807, 2.05) is 0 Å². The average molecular weight is 368 g/mol. The van der Waals surface area contributed by atoms with Crippen LogP contribution in [0.5, 0.6) is 0 Å². The second-order valence-corrected chi connectivity index (χ2v) is 9.03. The van der Waals surface area contributed by atoms with E-state index in [0.717, 1.165) is 6.42 Å². The number of carbonyl (C=O) groups is 2. The molecule has 138 valence electrons. The topological polar surface area (TPSA) is 92.8 Å². The summed E-state index contributed by atoms with van der Waals surface area (Å²) >= 11 is 0. The molecular weight excluding hydrogens is 344 g/mol. The second-order valence-electron chi connectivity index (χ2n) is 7.02. The van der Waals surface area contributed by atoms with Crippen molar-refractivity contribution in [2.45, 2.75) is 33.6 Å². The number of hydrogen-bond acceptors (Lipinski definition) is 5. The van der Waals surface area contributed by atoms with Crippen molar-refractivity contribution in [3.05, 3.63) is 24.3 Å². The molecular formula is C17H24N2O5S. The van der Waals surface area contributed by atoms with Gasteiger partial charge in [0.15, 0.2) is 6.61 Å². The Balaban J connectivity index is 1.94. The number of sulfonamides is 1. The van der Waals surface area contributed by atoms with E-state index in [9.17, 15) is 18.0 Å². The van der Waals surface area contributed by atoms with Gasteiger partial charge in [-0.15, -0.1) is 0 Å². The number of benzene rings is 1. The van der Waals surface area contributed by atoms with Crippen LogP contribution in [0.15, 0.2) is 24.3 Å². The van der Waals surface area contributed by atoms with Crippen molar-refractivity contribution in [3.63, 3.8) is 0 Å². The fraction of sp³-hybridized carbons (Fsp3) is 0.529. The third-order valence-corrected chi connectivity index (χ3v) is 5.60. The lowest BCUT2D eigenvalue weighted by atomic mass is 9.97. The number of carbonyl (C=O) groups excluding carboxylic acids is 2. The number of hydrogen-bond donors (Lipinski definition) is 1. The molecule has 2 rings (SSSR count). The van der Waals surface area contributed by atoms with Gasteiger partial charge in [0.2, 0.25) is 10.0 Å². The molecule has 1 aliphatic rings. The first kappa shape index (κ1) is 19.2. The van der Waals surface area contributed by atoms with E-state index in [1.165, 1.54) is 4.31 Å².